The van der Waals surface area contributed by atoms with Gasteiger partial charge in [0, 0.05) is 34.1 Å². The zero-order chi connectivity index (χ0) is 28.1. The number of nitrogen functional groups attached to an aromatic ring is 2. The fourth-order valence-electron chi connectivity index (χ4n) is 3.16. The second-order valence-electron chi connectivity index (χ2n) is 8.42. The van der Waals surface area contributed by atoms with Crippen molar-refractivity contribution < 1.29 is 51.4 Å². The van der Waals surface area contributed by atoms with Crippen LogP contribution in [0.15, 0.2) is 56.3 Å². The molecule has 0 amide bonds. The van der Waals surface area contributed by atoms with Crippen molar-refractivity contribution in [2.24, 2.45) is 0 Å². The van der Waals surface area contributed by atoms with E-state index < -0.39 is 0 Å². The van der Waals surface area contributed by atoms with Gasteiger partial charge >= 0.3 is 51.4 Å². The van der Waals surface area contributed by atoms with E-state index in [-0.39, 0.29) is 56.5 Å². The zero-order valence-electron chi connectivity index (χ0n) is 21.0. The third-order valence-electron chi connectivity index (χ3n) is 5.35. The van der Waals surface area contributed by atoms with Crippen LogP contribution in [0.2, 0.25) is 20.4 Å². The zero-order valence-corrected chi connectivity index (χ0v) is 30.4. The van der Waals surface area contributed by atoms with E-state index in [1.165, 1.54) is 37.0 Å². The Kier molecular flexibility index (Phi) is 13.9. The van der Waals surface area contributed by atoms with E-state index in [0.717, 1.165) is 34.0 Å². The summed E-state index contributed by atoms with van der Waals surface area (Å²) in [5, 5.41) is 2.55. The van der Waals surface area contributed by atoms with Crippen molar-refractivity contribution in [2.75, 3.05) is 11.5 Å². The van der Waals surface area contributed by atoms with Crippen LogP contribution in [0.25, 0.3) is 0 Å². The maximum atomic E-state index is 6.38. The molecule has 0 radical (unpaired) electrons. The summed E-state index contributed by atoms with van der Waals surface area (Å²) >= 11 is 33.0. The quantitative estimate of drug-likeness (QED) is 0.223. The predicted molar refractivity (Wildman–Crippen MR) is 163 cm³/mol. The van der Waals surface area contributed by atoms with E-state index in [1.807, 2.05) is 6.07 Å². The van der Waals surface area contributed by atoms with E-state index in [0.29, 0.717) is 48.3 Å². The number of anilines is 2. The molecule has 0 bridgehead atoms. The molecule has 0 aliphatic heterocycles. The number of nitrogens with two attached hydrogens (primary N) is 2. The summed E-state index contributed by atoms with van der Waals surface area (Å²) in [7, 11) is 0. The Morgan fingerprint density at radius 2 is 1.30 bits per heavy atom. The number of aromatic nitrogens is 6. The summed E-state index contributed by atoms with van der Waals surface area (Å²) in [5.41, 5.74) is 13.1. The Hall–Kier alpha value is -0.0936. The minimum Gasteiger partial charge on any atom is -0.778 e. The van der Waals surface area contributed by atoms with E-state index in [2.05, 4.69) is 45.8 Å². The molecule has 4 heterocycles. The average molecular weight is 745 g/mol. The van der Waals surface area contributed by atoms with Gasteiger partial charge in [0.15, 0.2) is 11.6 Å². The van der Waals surface area contributed by atoms with Crippen molar-refractivity contribution >= 4 is 98.4 Å². The molecule has 0 atom stereocenters. The number of pyridine rings is 2. The molecule has 204 valence electrons. The average Bonchev–Trinajstić information content (AvgIpc) is 3.81. The van der Waals surface area contributed by atoms with Gasteiger partial charge in [0.05, 0.1) is 28.8 Å². The molecule has 2 aliphatic carbocycles. The number of rotatable bonds is 4. The molecule has 4 N–H and O–H groups in total. The van der Waals surface area contributed by atoms with Gasteiger partial charge in [-0.15, -0.1) is 0 Å². The summed E-state index contributed by atoms with van der Waals surface area (Å²) in [6, 6.07) is 3.62. The third-order valence-corrected chi connectivity index (χ3v) is 8.76. The molecule has 40 heavy (non-hydrogen) atoms. The Balaban J connectivity index is 0.000000179. The Morgan fingerprint density at radius 3 is 1.82 bits per heavy atom. The first-order valence-corrected chi connectivity index (χ1v) is 15.0. The van der Waals surface area contributed by atoms with Crippen LogP contribution in [0, 0.1) is 0 Å². The molecule has 4 aromatic heterocycles. The molecule has 0 aromatic carbocycles. The smallest absolute Gasteiger partial charge is 0.778 e. The van der Waals surface area contributed by atoms with E-state index in [4.69, 9.17) is 70.5 Å². The monoisotopic (exact) mass is 742 g/mol. The van der Waals surface area contributed by atoms with E-state index in [9.17, 15) is 0 Å². The first kappa shape index (κ1) is 34.4. The van der Waals surface area contributed by atoms with Gasteiger partial charge in [-0.05, 0) is 47.7 Å². The standard InChI is InChI=1S/C12H10Cl2N4S.C8H8ClNS.C4H3BrClN3.K/c13-8-5-17-12(11(15)18-8)19-7-3-4-16-10(9(7)14)6-1-2-6;9-7-6(11)3-4-10-8(7)5-1-2-5;5-3-4(7)9-2(6)1-8-3;/h3-6H,1-2H2,(H2,15,18);3-5H,1-2H2,(H,10,11);1H,(H2,7,9);/q;;;+1/p-1. The minimum absolute atomic E-state index is 0. The van der Waals surface area contributed by atoms with E-state index in [1.54, 1.807) is 18.5 Å². The van der Waals surface area contributed by atoms with Crippen molar-refractivity contribution in [3.8, 4) is 0 Å². The maximum Gasteiger partial charge on any atom is 1.00 e. The van der Waals surface area contributed by atoms with Gasteiger partial charge < -0.3 is 24.1 Å². The summed E-state index contributed by atoms with van der Waals surface area (Å²) < 4.78 is 0.520. The van der Waals surface area contributed by atoms with Gasteiger partial charge in [-0.2, -0.15) is 4.90 Å². The molecule has 0 spiro atoms. The van der Waals surface area contributed by atoms with Crippen LogP contribution in [0.3, 0.4) is 0 Å². The van der Waals surface area contributed by atoms with Crippen molar-refractivity contribution in [3.63, 3.8) is 0 Å². The van der Waals surface area contributed by atoms with Crippen LogP contribution < -0.4 is 62.9 Å². The van der Waals surface area contributed by atoms with Crippen molar-refractivity contribution in [1.29, 1.82) is 0 Å². The first-order chi connectivity index (χ1) is 18.6. The SMILES string of the molecule is Nc1nc(Cl)cnc1Br.Nc1nc(Cl)cnc1Sc1ccnc(C2CC2)c1Cl.[K+].[S-]c1ccnc(C2CC2)c1Cl. The molecule has 2 fully saturated rings. The fourth-order valence-corrected chi connectivity index (χ4v) is 5.23. The molecular weight excluding hydrogens is 725 g/mol. The van der Waals surface area contributed by atoms with Crippen LogP contribution >= 0.6 is 74.1 Å². The van der Waals surface area contributed by atoms with Crippen LogP contribution in [0.4, 0.5) is 11.6 Å². The van der Waals surface area contributed by atoms with Crippen LogP contribution in [-0.4, -0.2) is 29.9 Å². The van der Waals surface area contributed by atoms with Crippen molar-refractivity contribution in [3.05, 3.63) is 73.3 Å². The second kappa shape index (κ2) is 16.1. The molecule has 0 saturated heterocycles. The van der Waals surface area contributed by atoms with Crippen LogP contribution in [0.5, 0.6) is 0 Å². The number of halogens is 5. The summed E-state index contributed by atoms with van der Waals surface area (Å²) in [6.07, 6.45) is 11.1. The molecule has 16 heteroatoms. The molecule has 6 rings (SSSR count). The van der Waals surface area contributed by atoms with Gasteiger partial charge in [-0.3, -0.25) is 9.97 Å². The van der Waals surface area contributed by atoms with Gasteiger partial charge in [0.2, 0.25) is 0 Å². The van der Waals surface area contributed by atoms with E-state index >= 15 is 0 Å². The van der Waals surface area contributed by atoms with Gasteiger partial charge in [0.1, 0.15) is 19.9 Å². The Morgan fingerprint density at radius 1 is 0.775 bits per heavy atom. The van der Waals surface area contributed by atoms with Gasteiger partial charge in [0.25, 0.3) is 0 Å². The molecule has 0 unspecified atom stereocenters. The Bertz CT molecular complexity index is 1480. The summed E-state index contributed by atoms with van der Waals surface area (Å²) in [6.45, 7) is 0. The minimum atomic E-state index is 0. The molecule has 4 aromatic rings. The fraction of sp³-hybridized carbons (Fsp3) is 0.250. The summed E-state index contributed by atoms with van der Waals surface area (Å²) in [4.78, 5) is 25.8. The number of hydrogen-bond acceptors (Lipinski definition) is 10. The molecule has 2 aliphatic rings. The van der Waals surface area contributed by atoms with Crippen molar-refractivity contribution in [1.82, 2.24) is 29.9 Å². The topological polar surface area (TPSA) is 129 Å². The second-order valence-corrected chi connectivity index (χ2v) is 12.2. The molecular formula is C24H20BrCl4KN8S2. The summed E-state index contributed by atoms with van der Waals surface area (Å²) in [5.74, 6) is 1.70. The number of nitrogens with zero attached hydrogens (tertiary/aromatic N) is 6. The van der Waals surface area contributed by atoms with Crippen molar-refractivity contribution in [2.45, 2.75) is 52.3 Å². The van der Waals surface area contributed by atoms with Crippen LogP contribution in [-0.2, 0) is 12.6 Å². The first-order valence-electron chi connectivity index (χ1n) is 11.5. The predicted octanol–water partition coefficient (Wildman–Crippen LogP) is 4.79. The molecule has 8 nitrogen and oxygen atoms in total. The largest absolute Gasteiger partial charge is 1.00 e. The van der Waals surface area contributed by atoms with Gasteiger partial charge in [-0.1, -0.05) is 64.2 Å². The maximum absolute atomic E-state index is 6.38. The number of hydrogen-bond donors (Lipinski definition) is 2. The third kappa shape index (κ3) is 9.99. The Labute approximate surface area is 312 Å². The normalized spacial score (nSPS) is 13.7. The van der Waals surface area contributed by atoms with Gasteiger partial charge in [-0.25, -0.2) is 19.9 Å². The van der Waals surface area contributed by atoms with Crippen LogP contribution in [0.1, 0.15) is 48.9 Å². The molecule has 2 saturated carbocycles.